The fourth-order valence-corrected chi connectivity index (χ4v) is 10.3. The number of para-hydroxylation sites is 1. The number of rotatable bonds is 19. The van der Waals surface area contributed by atoms with Crippen molar-refractivity contribution in [3.63, 3.8) is 0 Å². The van der Waals surface area contributed by atoms with Crippen LogP contribution in [0.2, 0.25) is 0 Å². The molecule has 4 amide bonds. The zero-order valence-electron chi connectivity index (χ0n) is 40.7. The number of nitrogens with one attached hydrogen (secondary N) is 1. The number of primary amides is 2. The number of nitrogens with two attached hydrogens (primary N) is 2. The van der Waals surface area contributed by atoms with Crippen LogP contribution < -0.4 is 31.4 Å². The van der Waals surface area contributed by atoms with Crippen molar-refractivity contribution < 1.29 is 38.4 Å². The van der Waals surface area contributed by atoms with Gasteiger partial charge >= 0.3 is 5.91 Å². The molecule has 0 radical (unpaired) electrons. The van der Waals surface area contributed by atoms with Crippen LogP contribution in [0.1, 0.15) is 43.8 Å². The molecule has 0 fully saturated rings. The Labute approximate surface area is 439 Å². The Bertz CT molecular complexity index is 3920. The Kier molecular flexibility index (Phi) is 13.7. The van der Waals surface area contributed by atoms with Gasteiger partial charge in [-0.1, -0.05) is 133 Å². The first-order chi connectivity index (χ1) is 37.2. The van der Waals surface area contributed by atoms with Crippen molar-refractivity contribution in [1.82, 2.24) is 19.8 Å². The molecular formula is C61H48N6O8S. The molecule has 0 spiro atoms. The number of fused-ring (bicyclic) bond motifs is 6. The summed E-state index contributed by atoms with van der Waals surface area (Å²) in [6, 6.07) is 61.3. The Balaban J connectivity index is 1.04. The number of hydrogen-bond acceptors (Lipinski definition) is 9. The zero-order chi connectivity index (χ0) is 52.1. The molecule has 0 bridgehead atoms. The Morgan fingerprint density at radius 3 is 1.62 bits per heavy atom. The highest BCUT2D eigenvalue weighted by atomic mass is 32.1. The molecule has 1 unspecified atom stereocenters. The van der Waals surface area contributed by atoms with Crippen molar-refractivity contribution in [2.24, 2.45) is 11.5 Å². The van der Waals surface area contributed by atoms with Crippen LogP contribution in [0.25, 0.3) is 54.1 Å². The normalized spacial score (nSPS) is 11.7. The lowest BCUT2D eigenvalue weighted by molar-refractivity contribution is -0.246. The van der Waals surface area contributed by atoms with E-state index in [4.69, 9.17) is 30.7 Å². The predicted molar refractivity (Wildman–Crippen MR) is 293 cm³/mol. The highest BCUT2D eigenvalue weighted by Gasteiger charge is 2.33. The minimum atomic E-state index is -1.63. The van der Waals surface area contributed by atoms with Gasteiger partial charge in [0, 0.05) is 45.1 Å². The van der Waals surface area contributed by atoms with E-state index in [1.165, 1.54) is 11.3 Å². The van der Waals surface area contributed by atoms with E-state index < -0.39 is 36.2 Å². The quantitative estimate of drug-likeness (QED) is 0.0669. The molecule has 0 saturated carbocycles. The number of ether oxygens (including phenoxy) is 1. The van der Waals surface area contributed by atoms with Crippen LogP contribution in [-0.2, 0) is 34.1 Å². The first-order valence-corrected chi connectivity index (χ1v) is 25.3. The Morgan fingerprint density at radius 1 is 0.526 bits per heavy atom. The number of thiophene rings is 1. The third-order valence-corrected chi connectivity index (χ3v) is 13.9. The molecule has 0 saturated heterocycles. The van der Waals surface area contributed by atoms with Gasteiger partial charge in [0.15, 0.2) is 17.6 Å². The predicted octanol–water partition coefficient (Wildman–Crippen LogP) is 11.1. The lowest BCUT2D eigenvalue weighted by Gasteiger charge is -2.25. The molecule has 0 aliphatic rings. The molecule has 3 heterocycles. The van der Waals surface area contributed by atoms with Gasteiger partial charge in [0.1, 0.15) is 5.75 Å². The average molecular weight is 1030 g/mol. The third-order valence-electron chi connectivity index (χ3n) is 13.0. The summed E-state index contributed by atoms with van der Waals surface area (Å²) < 4.78 is 11.1. The van der Waals surface area contributed by atoms with E-state index in [0.29, 0.717) is 61.9 Å². The first kappa shape index (κ1) is 48.6. The number of hydroxylamine groups is 3. The molecule has 15 heteroatoms. The number of carbonyl (C=O) groups excluding carboxylic acids is 4. The van der Waals surface area contributed by atoms with Crippen LogP contribution in [0.5, 0.6) is 17.2 Å². The van der Waals surface area contributed by atoms with Crippen molar-refractivity contribution in [1.29, 1.82) is 0 Å². The molecule has 376 valence electrons. The Morgan fingerprint density at radius 2 is 1.05 bits per heavy atom. The van der Waals surface area contributed by atoms with Crippen LogP contribution in [0.3, 0.4) is 0 Å². The largest absolute Gasteiger partial charge is 0.479 e. The van der Waals surface area contributed by atoms with Gasteiger partial charge in [0.05, 0.1) is 45.9 Å². The van der Waals surface area contributed by atoms with Crippen LogP contribution in [-0.4, -0.2) is 44.1 Å². The van der Waals surface area contributed by atoms with E-state index in [0.717, 1.165) is 27.1 Å². The maximum atomic E-state index is 15.3. The molecule has 0 aliphatic heterocycles. The molecule has 11 aromatic rings. The molecule has 14 nitrogen and oxygen atoms in total. The summed E-state index contributed by atoms with van der Waals surface area (Å²) in [6.45, 7) is 0.846. The second kappa shape index (κ2) is 21.4. The molecular weight excluding hydrogens is 977 g/mol. The monoisotopic (exact) mass is 1020 g/mol. The summed E-state index contributed by atoms with van der Waals surface area (Å²) in [5, 5.41) is 4.67. The summed E-state index contributed by atoms with van der Waals surface area (Å²) in [5.74, 6) is -2.40. The van der Waals surface area contributed by atoms with Gasteiger partial charge < -0.3 is 35.0 Å². The molecule has 5 N–H and O–H groups in total. The highest BCUT2D eigenvalue weighted by Crippen LogP contribution is 2.43. The van der Waals surface area contributed by atoms with Crippen molar-refractivity contribution in [2.75, 3.05) is 0 Å². The minimum Gasteiger partial charge on any atom is -0.479 e. The van der Waals surface area contributed by atoms with Crippen LogP contribution in [0, 0.1) is 0 Å². The Hall–Kier alpha value is -9.70. The second-order valence-corrected chi connectivity index (χ2v) is 18.9. The summed E-state index contributed by atoms with van der Waals surface area (Å²) in [4.78, 5) is 76.2. The number of nitrogens with zero attached hydrogens (tertiary/aromatic N) is 3. The molecule has 8 aromatic carbocycles. The van der Waals surface area contributed by atoms with Gasteiger partial charge in [0.25, 0.3) is 5.91 Å². The fourth-order valence-electron chi connectivity index (χ4n) is 9.60. The smallest absolute Gasteiger partial charge is 0.300 e. The van der Waals surface area contributed by atoms with Crippen molar-refractivity contribution in [2.45, 2.75) is 32.2 Å². The molecule has 76 heavy (non-hydrogen) atoms. The van der Waals surface area contributed by atoms with Crippen molar-refractivity contribution in [3.8, 4) is 27.7 Å². The first-order valence-electron chi connectivity index (χ1n) is 24.4. The number of amides is 4. The maximum absolute atomic E-state index is 15.3. The topological polar surface area (TPSA) is 182 Å². The van der Waals surface area contributed by atoms with E-state index in [-0.39, 0.29) is 35.0 Å². The lowest BCUT2D eigenvalue weighted by Crippen LogP contribution is -2.45. The van der Waals surface area contributed by atoms with Crippen LogP contribution in [0.4, 0.5) is 0 Å². The standard InChI is InChI=1S/C61H48N6O8S/c62-59(69)44-25-13-27-46-55(44)57-48(65(46)36-39-17-5-1-6-18-39)29-15-30-50(57)75-67(74-43-23-11-4-12-24-43)54(68)35-52(61(71)64-72-38-41-21-9-3-10-22-41)73-51-34-42(53-31-16-32-76-53)33-49-58(51)56-45(60(63)70)26-14-28-47(56)66(49)37-40-19-7-2-8-20-40/h1-34,52H,35-38H2,(H2,62,69)(H2,63,70)(H,64,71). The summed E-state index contributed by atoms with van der Waals surface area (Å²) in [5.41, 5.74) is 21.5. The number of benzene rings is 8. The van der Waals surface area contributed by atoms with Crippen LogP contribution >= 0.6 is 11.3 Å². The van der Waals surface area contributed by atoms with E-state index in [1.54, 1.807) is 72.8 Å². The highest BCUT2D eigenvalue weighted by molar-refractivity contribution is 7.13. The SMILES string of the molecule is NC(=O)c1cccc2c1c1c(OC(CC(=O)N(Oc3ccccc3)Oc3cccc4c3c3c(C(N)=O)cccc3n4Cc3ccccc3)C(=O)NOCc3ccccc3)cc(-c3cccs3)cc1n2Cc1ccccc1. The van der Waals surface area contributed by atoms with Gasteiger partial charge in [-0.05, 0) is 94.4 Å². The van der Waals surface area contributed by atoms with Gasteiger partial charge in [-0.15, -0.1) is 11.3 Å². The zero-order valence-corrected chi connectivity index (χ0v) is 41.5. The molecule has 11 rings (SSSR count). The summed E-state index contributed by atoms with van der Waals surface area (Å²) >= 11 is 1.51. The summed E-state index contributed by atoms with van der Waals surface area (Å²) in [7, 11) is 0. The molecule has 1 atom stereocenters. The molecule has 3 aromatic heterocycles. The summed E-state index contributed by atoms with van der Waals surface area (Å²) in [6.07, 6.45) is -2.31. The van der Waals surface area contributed by atoms with Gasteiger partial charge in [-0.3, -0.25) is 24.0 Å². The lowest BCUT2D eigenvalue weighted by atomic mass is 10.0. The average Bonchev–Trinajstić information content (AvgIpc) is 4.26. The maximum Gasteiger partial charge on any atom is 0.300 e. The van der Waals surface area contributed by atoms with E-state index in [9.17, 15) is 14.4 Å². The fraction of sp³-hybridized carbons (Fsp3) is 0.0820. The van der Waals surface area contributed by atoms with Gasteiger partial charge in [0.2, 0.25) is 11.8 Å². The second-order valence-electron chi connectivity index (χ2n) is 18.0. The van der Waals surface area contributed by atoms with E-state index in [1.807, 2.05) is 133 Å². The third kappa shape index (κ3) is 9.90. The number of aromatic nitrogens is 2. The van der Waals surface area contributed by atoms with Crippen LogP contribution in [0.15, 0.2) is 206 Å². The van der Waals surface area contributed by atoms with Gasteiger partial charge in [-0.25, -0.2) is 5.48 Å². The number of hydrogen-bond donors (Lipinski definition) is 3. The number of carbonyl (C=O) groups is 4. The minimum absolute atomic E-state index is 0.00181. The van der Waals surface area contributed by atoms with Crippen molar-refractivity contribution >= 4 is 78.6 Å². The van der Waals surface area contributed by atoms with E-state index in [2.05, 4.69) is 14.6 Å². The van der Waals surface area contributed by atoms with E-state index >= 15 is 4.79 Å². The molecule has 0 aliphatic carbocycles. The van der Waals surface area contributed by atoms with Gasteiger partial charge in [-0.2, -0.15) is 0 Å². The van der Waals surface area contributed by atoms with Crippen molar-refractivity contribution in [3.05, 3.63) is 233 Å².